The fraction of sp³-hybridized carbons (Fsp3) is 0.565. The van der Waals surface area contributed by atoms with Crippen molar-refractivity contribution in [3.8, 4) is 0 Å². The molecule has 2 fully saturated rings. The molecule has 0 aromatic carbocycles. The van der Waals surface area contributed by atoms with Crippen LogP contribution in [0.5, 0.6) is 0 Å². The highest BCUT2D eigenvalue weighted by Crippen LogP contribution is 2.41. The fourth-order valence-corrected chi connectivity index (χ4v) is 5.78. The molecule has 1 aromatic rings. The third-order valence-corrected chi connectivity index (χ3v) is 7.27. The third kappa shape index (κ3) is 3.45. The van der Waals surface area contributed by atoms with Crippen LogP contribution in [0.25, 0.3) is 0 Å². The van der Waals surface area contributed by atoms with Crippen LogP contribution in [-0.4, -0.2) is 53.4 Å². The number of piperidine rings is 1. The summed E-state index contributed by atoms with van der Waals surface area (Å²) in [7, 11) is 0. The molecule has 1 aromatic heterocycles. The molecule has 0 radical (unpaired) electrons. The van der Waals surface area contributed by atoms with Crippen molar-refractivity contribution < 1.29 is 32.5 Å². The Bertz CT molecular complexity index is 1090. The van der Waals surface area contributed by atoms with Crippen LogP contribution in [0.3, 0.4) is 0 Å². The number of likely N-dealkylation sites (tertiary alicyclic amines) is 1. The van der Waals surface area contributed by atoms with Crippen LogP contribution in [0, 0.1) is 0 Å². The maximum atomic E-state index is 13.7. The van der Waals surface area contributed by atoms with Gasteiger partial charge in [-0.2, -0.15) is 8.78 Å². The Hall–Kier alpha value is -2.76. The second kappa shape index (κ2) is 8.17. The second-order valence-corrected chi connectivity index (χ2v) is 9.17. The predicted molar refractivity (Wildman–Crippen MR) is 114 cm³/mol. The first-order chi connectivity index (χ1) is 16.4. The van der Waals surface area contributed by atoms with E-state index in [1.54, 1.807) is 6.08 Å². The summed E-state index contributed by atoms with van der Waals surface area (Å²) in [5.74, 6) is 0.298. The van der Waals surface area contributed by atoms with Crippen molar-refractivity contribution in [2.24, 2.45) is 0 Å². The quantitative estimate of drug-likeness (QED) is 0.682. The van der Waals surface area contributed by atoms with Gasteiger partial charge >= 0.3 is 6.61 Å². The Morgan fingerprint density at radius 3 is 2.97 bits per heavy atom. The number of amides is 1. The van der Waals surface area contributed by atoms with Gasteiger partial charge in [-0.3, -0.25) is 4.79 Å². The summed E-state index contributed by atoms with van der Waals surface area (Å²) in [6.07, 6.45) is 3.51. The molecule has 5 aliphatic rings. The molecular weight excluding hydrogens is 450 g/mol. The summed E-state index contributed by atoms with van der Waals surface area (Å²) < 4.78 is 47.5. The fourth-order valence-electron chi connectivity index (χ4n) is 5.78. The van der Waals surface area contributed by atoms with Crippen molar-refractivity contribution in [1.82, 2.24) is 15.2 Å². The van der Waals surface area contributed by atoms with E-state index in [9.17, 15) is 13.6 Å². The van der Waals surface area contributed by atoms with Gasteiger partial charge in [-0.25, -0.2) is 4.98 Å². The molecule has 1 amide bonds. The molecule has 3 N–H and O–H groups in total. The monoisotopic (exact) mass is 476 g/mol. The first kappa shape index (κ1) is 21.8. The number of alkyl halides is 2. The number of carbonyl (C=O) groups excluding carboxylic acids is 1. The summed E-state index contributed by atoms with van der Waals surface area (Å²) in [6.45, 7) is 0.245. The normalized spacial score (nSPS) is 31.6. The number of nitrogens with two attached hydrogens (primary N) is 1. The summed E-state index contributed by atoms with van der Waals surface area (Å²) in [4.78, 5) is 20.0. The molecule has 6 rings (SSSR count). The van der Waals surface area contributed by atoms with Crippen molar-refractivity contribution in [3.05, 3.63) is 46.0 Å². The topological polar surface area (TPSA) is 108 Å². The molecule has 2 saturated heterocycles. The van der Waals surface area contributed by atoms with Gasteiger partial charge < -0.3 is 34.9 Å². The zero-order valence-corrected chi connectivity index (χ0v) is 18.6. The van der Waals surface area contributed by atoms with Gasteiger partial charge in [0.1, 0.15) is 11.9 Å². The molecule has 0 bridgehead atoms. The van der Waals surface area contributed by atoms with E-state index in [1.165, 1.54) is 6.08 Å². The minimum absolute atomic E-state index is 0.0513. The van der Waals surface area contributed by atoms with E-state index in [4.69, 9.17) is 19.9 Å². The summed E-state index contributed by atoms with van der Waals surface area (Å²) >= 11 is 0. The highest BCUT2D eigenvalue weighted by atomic mass is 19.3. The highest BCUT2D eigenvalue weighted by molar-refractivity contribution is 5.83. The predicted octanol–water partition coefficient (Wildman–Crippen LogP) is 2.02. The molecule has 5 aliphatic heterocycles. The second-order valence-electron chi connectivity index (χ2n) is 9.17. The van der Waals surface area contributed by atoms with Crippen molar-refractivity contribution in [1.29, 1.82) is 0 Å². The number of nitrogens with one attached hydrogen (secondary N) is 1. The number of nitrogens with zero attached hydrogens (tertiary/aromatic N) is 2. The van der Waals surface area contributed by atoms with E-state index in [0.717, 1.165) is 40.8 Å². The number of halogens is 2. The van der Waals surface area contributed by atoms with E-state index < -0.39 is 18.9 Å². The number of carbonyl (C=O) groups is 1. The van der Waals surface area contributed by atoms with Gasteiger partial charge in [0.25, 0.3) is 5.91 Å². The van der Waals surface area contributed by atoms with E-state index in [-0.39, 0.29) is 36.6 Å². The zero-order valence-electron chi connectivity index (χ0n) is 18.6. The molecule has 0 aliphatic carbocycles. The Kier molecular flexibility index (Phi) is 5.23. The third-order valence-electron chi connectivity index (χ3n) is 7.27. The lowest BCUT2D eigenvalue weighted by Gasteiger charge is -2.39. The van der Waals surface area contributed by atoms with E-state index >= 15 is 0 Å². The smallest absolute Gasteiger partial charge is 0.388 e. The molecule has 0 saturated carbocycles. The average molecular weight is 476 g/mol. The van der Waals surface area contributed by atoms with Gasteiger partial charge in [-0.1, -0.05) is 6.08 Å². The average Bonchev–Trinajstić information content (AvgIpc) is 3.38. The van der Waals surface area contributed by atoms with Crippen molar-refractivity contribution in [2.75, 3.05) is 12.3 Å². The summed E-state index contributed by atoms with van der Waals surface area (Å²) in [5, 5.41) is 2.86. The van der Waals surface area contributed by atoms with E-state index in [2.05, 4.69) is 15.0 Å². The lowest BCUT2D eigenvalue weighted by atomic mass is 9.90. The number of dihydropyridines is 1. The van der Waals surface area contributed by atoms with Gasteiger partial charge in [-0.15, -0.1) is 0 Å². The van der Waals surface area contributed by atoms with Crippen LogP contribution in [-0.2, 0) is 43.4 Å². The van der Waals surface area contributed by atoms with E-state index in [0.29, 0.717) is 25.4 Å². The van der Waals surface area contributed by atoms with Crippen molar-refractivity contribution >= 4 is 11.7 Å². The number of anilines is 1. The number of fused-ring (bicyclic) bond motifs is 6. The summed E-state index contributed by atoms with van der Waals surface area (Å²) in [5.41, 5.74) is 10.7. The van der Waals surface area contributed by atoms with Gasteiger partial charge in [0.15, 0.2) is 12.1 Å². The molecule has 34 heavy (non-hydrogen) atoms. The summed E-state index contributed by atoms with van der Waals surface area (Å²) in [6, 6.07) is -0.285. The molecular formula is C23H26F2N4O5. The van der Waals surface area contributed by atoms with Crippen LogP contribution >= 0.6 is 0 Å². The van der Waals surface area contributed by atoms with Crippen LogP contribution in [0.1, 0.15) is 48.3 Å². The zero-order chi connectivity index (χ0) is 23.6. The number of nitrogen functional groups attached to an aromatic ring is 1. The van der Waals surface area contributed by atoms with E-state index in [1.807, 2.05) is 11.8 Å². The Balaban J connectivity index is 1.25. The molecule has 182 valence electrons. The number of hydrogen-bond acceptors (Lipinski definition) is 8. The van der Waals surface area contributed by atoms with Gasteiger partial charge in [0.2, 0.25) is 0 Å². The largest absolute Gasteiger partial charge is 0.419 e. The molecule has 6 heterocycles. The minimum atomic E-state index is -2.93. The van der Waals surface area contributed by atoms with Crippen LogP contribution in [0.15, 0.2) is 23.6 Å². The molecule has 9 nitrogen and oxygen atoms in total. The number of hydrogen-bond donors (Lipinski definition) is 2. The molecule has 0 spiro atoms. The SMILES string of the molecule is CC1OCc2c3c(nc(N)c21)CO[C@H](C(=O)N1CCC[C@H]2OC4NC(OC(F)F)=CC=C4[C@H]21)C3. The number of rotatable bonds is 3. The maximum Gasteiger partial charge on any atom is 0.388 e. The minimum Gasteiger partial charge on any atom is -0.419 e. The van der Waals surface area contributed by atoms with Gasteiger partial charge in [0, 0.05) is 24.1 Å². The Morgan fingerprint density at radius 2 is 2.15 bits per heavy atom. The van der Waals surface area contributed by atoms with Crippen LogP contribution in [0.4, 0.5) is 14.6 Å². The van der Waals surface area contributed by atoms with Crippen molar-refractivity contribution in [2.45, 2.75) is 76.6 Å². The molecule has 2 unspecified atom stereocenters. The first-order valence-corrected chi connectivity index (χ1v) is 11.5. The lowest BCUT2D eigenvalue weighted by molar-refractivity contribution is -0.151. The lowest BCUT2D eigenvalue weighted by Crippen LogP contribution is -2.54. The Labute approximate surface area is 194 Å². The highest BCUT2D eigenvalue weighted by Gasteiger charge is 2.49. The number of aromatic nitrogens is 1. The number of allylic oxidation sites excluding steroid dienone is 2. The van der Waals surface area contributed by atoms with Crippen LogP contribution in [0.2, 0.25) is 0 Å². The van der Waals surface area contributed by atoms with Crippen molar-refractivity contribution in [3.63, 3.8) is 0 Å². The number of pyridine rings is 1. The first-order valence-electron chi connectivity index (χ1n) is 11.5. The Morgan fingerprint density at radius 1 is 1.29 bits per heavy atom. The van der Waals surface area contributed by atoms with Crippen LogP contribution < -0.4 is 11.1 Å². The van der Waals surface area contributed by atoms with Gasteiger partial charge in [0.05, 0.1) is 37.2 Å². The molecule has 11 heteroatoms. The van der Waals surface area contributed by atoms with Gasteiger partial charge in [-0.05, 0) is 37.0 Å². The standard InChI is InChI=1S/C23H26F2N4O5/c1-10-18-13(8-31-10)12-7-16(32-9-14(12)27-20(18)26)22(30)29-6-2-3-15-19(29)11-4-5-17(34-23(24)25)28-21(11)33-15/h4-5,10,15-16,19,21,23,28H,2-3,6-9H2,1H3,(H2,26,27)/t10?,15-,16+,19-,21?/m1/s1. The molecule has 5 atom stereocenters. The number of ether oxygens (including phenoxy) is 4. The maximum absolute atomic E-state index is 13.7.